The van der Waals surface area contributed by atoms with E-state index in [1.807, 2.05) is 0 Å². The summed E-state index contributed by atoms with van der Waals surface area (Å²) in [7, 11) is -3.32. The molecular weight excluding hydrogens is 373 g/mol. The summed E-state index contributed by atoms with van der Waals surface area (Å²) >= 11 is 0. The molecule has 0 bridgehead atoms. The highest BCUT2D eigenvalue weighted by Gasteiger charge is 2.22. The summed E-state index contributed by atoms with van der Waals surface area (Å²) in [6.45, 7) is 5.46. The molecule has 1 fully saturated rings. The number of hydrogen-bond acceptors (Lipinski definition) is 3. The predicted molar refractivity (Wildman–Crippen MR) is 112 cm³/mol. The van der Waals surface area contributed by atoms with E-state index in [1.54, 1.807) is 0 Å². The zero-order valence-corrected chi connectivity index (χ0v) is 17.4. The highest BCUT2D eigenvalue weighted by Crippen LogP contribution is 2.25. The van der Waals surface area contributed by atoms with E-state index in [0.717, 1.165) is 38.9 Å². The van der Waals surface area contributed by atoms with Crippen LogP contribution in [0.4, 0.5) is 4.39 Å². The summed E-state index contributed by atoms with van der Waals surface area (Å²) < 4.78 is 37.9. The lowest BCUT2D eigenvalue weighted by Gasteiger charge is -2.32. The van der Waals surface area contributed by atoms with Crippen LogP contribution in [-0.4, -0.2) is 38.7 Å². The molecule has 1 aliphatic heterocycles. The largest absolute Gasteiger partial charge is 0.303 e. The molecule has 1 heterocycles. The highest BCUT2D eigenvalue weighted by atomic mass is 32.2. The van der Waals surface area contributed by atoms with Gasteiger partial charge in [-0.2, -0.15) is 0 Å². The van der Waals surface area contributed by atoms with E-state index in [0.29, 0.717) is 18.3 Å². The Balaban J connectivity index is 1.40. The standard InChI is InChI=1S/C23H30FNO2S/c1-19(21-5-3-2-4-6-21)11-15-25-16-12-20(13-17-25)14-18-28(26,27)23-9-7-22(24)8-10-23/h2-10,19-20H,11-18H2,1H3/t19-/m1/s1. The average molecular weight is 404 g/mol. The van der Waals surface area contributed by atoms with Crippen LogP contribution in [0.25, 0.3) is 0 Å². The Hall–Kier alpha value is -1.72. The molecule has 0 saturated carbocycles. The van der Waals surface area contributed by atoms with E-state index in [9.17, 15) is 12.8 Å². The van der Waals surface area contributed by atoms with Gasteiger partial charge in [-0.05, 0) is 87.0 Å². The van der Waals surface area contributed by atoms with Gasteiger partial charge in [-0.25, -0.2) is 12.8 Å². The van der Waals surface area contributed by atoms with Crippen molar-refractivity contribution in [1.29, 1.82) is 0 Å². The van der Waals surface area contributed by atoms with Crippen LogP contribution in [0, 0.1) is 11.7 Å². The number of sulfone groups is 1. The van der Waals surface area contributed by atoms with Crippen molar-refractivity contribution >= 4 is 9.84 Å². The second-order valence-corrected chi connectivity index (χ2v) is 10.1. The van der Waals surface area contributed by atoms with Crippen LogP contribution >= 0.6 is 0 Å². The SMILES string of the molecule is C[C@H](CCN1CCC(CCS(=O)(=O)c2ccc(F)cc2)CC1)c1ccccc1. The number of likely N-dealkylation sites (tertiary alicyclic amines) is 1. The third-order valence-corrected chi connectivity index (χ3v) is 7.69. The summed E-state index contributed by atoms with van der Waals surface area (Å²) in [5, 5.41) is 0. The molecule has 0 N–H and O–H groups in total. The topological polar surface area (TPSA) is 37.4 Å². The van der Waals surface area contributed by atoms with Gasteiger partial charge >= 0.3 is 0 Å². The molecule has 1 saturated heterocycles. The third kappa shape index (κ3) is 5.89. The third-order valence-electron chi connectivity index (χ3n) is 5.92. The van der Waals surface area contributed by atoms with Crippen LogP contribution in [-0.2, 0) is 9.84 Å². The second-order valence-electron chi connectivity index (χ2n) is 7.95. The molecule has 0 amide bonds. The molecule has 3 nitrogen and oxygen atoms in total. The molecule has 0 unspecified atom stereocenters. The summed E-state index contributed by atoms with van der Waals surface area (Å²) in [5.74, 6) is 0.750. The summed E-state index contributed by atoms with van der Waals surface area (Å²) in [5.41, 5.74) is 1.39. The molecule has 3 rings (SSSR count). The minimum atomic E-state index is -3.32. The normalized spacial score (nSPS) is 17.5. The van der Waals surface area contributed by atoms with E-state index in [-0.39, 0.29) is 10.6 Å². The van der Waals surface area contributed by atoms with Crippen LogP contribution < -0.4 is 0 Å². The van der Waals surface area contributed by atoms with E-state index in [1.165, 1.54) is 29.8 Å². The van der Waals surface area contributed by atoms with Gasteiger partial charge in [0, 0.05) is 0 Å². The summed E-state index contributed by atoms with van der Waals surface area (Å²) in [6, 6.07) is 15.8. The fourth-order valence-corrected chi connectivity index (χ4v) is 5.33. The maximum atomic E-state index is 13.0. The molecule has 0 aromatic heterocycles. The van der Waals surface area contributed by atoms with Gasteiger partial charge < -0.3 is 4.90 Å². The lowest BCUT2D eigenvalue weighted by molar-refractivity contribution is 0.178. The first-order valence-corrected chi connectivity index (χ1v) is 11.8. The smallest absolute Gasteiger partial charge is 0.178 e. The molecule has 2 aromatic carbocycles. The molecule has 0 spiro atoms. The van der Waals surface area contributed by atoms with Crippen LogP contribution in [0.15, 0.2) is 59.5 Å². The zero-order valence-electron chi connectivity index (χ0n) is 16.6. The Bertz CT molecular complexity index is 829. The molecule has 28 heavy (non-hydrogen) atoms. The van der Waals surface area contributed by atoms with E-state index >= 15 is 0 Å². The van der Waals surface area contributed by atoms with Gasteiger partial charge in [-0.1, -0.05) is 37.3 Å². The average Bonchev–Trinajstić information content (AvgIpc) is 2.72. The van der Waals surface area contributed by atoms with Crippen LogP contribution in [0.5, 0.6) is 0 Å². The Morgan fingerprint density at radius 3 is 2.32 bits per heavy atom. The fraction of sp³-hybridized carbons (Fsp3) is 0.478. The van der Waals surface area contributed by atoms with Gasteiger partial charge in [0.15, 0.2) is 9.84 Å². The van der Waals surface area contributed by atoms with Crippen molar-refractivity contribution in [3.8, 4) is 0 Å². The molecule has 0 radical (unpaired) electrons. The minimum absolute atomic E-state index is 0.147. The molecule has 1 atom stereocenters. The fourth-order valence-electron chi connectivity index (χ4n) is 3.90. The Morgan fingerprint density at radius 2 is 1.68 bits per heavy atom. The van der Waals surface area contributed by atoms with Gasteiger partial charge in [-0.3, -0.25) is 0 Å². The number of halogens is 1. The molecule has 0 aliphatic carbocycles. The number of benzene rings is 2. The second kappa shape index (κ2) is 9.66. The molecule has 5 heteroatoms. The first-order valence-electron chi connectivity index (χ1n) is 10.2. The molecule has 2 aromatic rings. The Morgan fingerprint density at radius 1 is 1.04 bits per heavy atom. The number of nitrogens with zero attached hydrogens (tertiary/aromatic N) is 1. The zero-order chi connectivity index (χ0) is 20.0. The van der Waals surface area contributed by atoms with Gasteiger partial charge in [0.1, 0.15) is 5.82 Å². The van der Waals surface area contributed by atoms with Gasteiger partial charge in [0.25, 0.3) is 0 Å². The first kappa shape index (κ1) is 21.0. The quantitative estimate of drug-likeness (QED) is 0.589. The van der Waals surface area contributed by atoms with Gasteiger partial charge in [-0.15, -0.1) is 0 Å². The van der Waals surface area contributed by atoms with Gasteiger partial charge in [0.05, 0.1) is 10.6 Å². The van der Waals surface area contributed by atoms with Crippen molar-refractivity contribution in [3.63, 3.8) is 0 Å². The van der Waals surface area contributed by atoms with E-state index in [2.05, 4.69) is 42.2 Å². The maximum Gasteiger partial charge on any atom is 0.178 e. The van der Waals surface area contributed by atoms with Crippen molar-refractivity contribution in [2.24, 2.45) is 5.92 Å². The van der Waals surface area contributed by atoms with E-state index in [4.69, 9.17) is 0 Å². The molecular formula is C23H30FNO2S. The van der Waals surface area contributed by atoms with Crippen LogP contribution in [0.2, 0.25) is 0 Å². The van der Waals surface area contributed by atoms with Crippen molar-refractivity contribution in [1.82, 2.24) is 4.90 Å². The van der Waals surface area contributed by atoms with Crippen molar-refractivity contribution < 1.29 is 12.8 Å². The van der Waals surface area contributed by atoms with Gasteiger partial charge in [0.2, 0.25) is 0 Å². The minimum Gasteiger partial charge on any atom is -0.303 e. The lowest BCUT2D eigenvalue weighted by atomic mass is 9.93. The Kier molecular flexibility index (Phi) is 7.24. The number of piperidine rings is 1. The maximum absolute atomic E-state index is 13.0. The number of rotatable bonds is 8. The lowest BCUT2D eigenvalue weighted by Crippen LogP contribution is -2.35. The van der Waals surface area contributed by atoms with E-state index < -0.39 is 15.7 Å². The first-order chi connectivity index (χ1) is 13.4. The highest BCUT2D eigenvalue weighted by molar-refractivity contribution is 7.91. The summed E-state index contributed by atoms with van der Waals surface area (Å²) in [4.78, 5) is 2.73. The predicted octanol–water partition coefficient (Wildman–Crippen LogP) is 4.90. The van der Waals surface area contributed by atoms with Crippen molar-refractivity contribution in [3.05, 3.63) is 66.0 Å². The molecule has 152 valence electrons. The van der Waals surface area contributed by atoms with Crippen molar-refractivity contribution in [2.75, 3.05) is 25.4 Å². The summed E-state index contributed by atoms with van der Waals surface area (Å²) in [6.07, 6.45) is 3.94. The monoisotopic (exact) mass is 403 g/mol. The van der Waals surface area contributed by atoms with Crippen LogP contribution in [0.3, 0.4) is 0 Å². The van der Waals surface area contributed by atoms with Crippen molar-refractivity contribution in [2.45, 2.75) is 43.4 Å². The number of hydrogen-bond donors (Lipinski definition) is 0. The molecule has 1 aliphatic rings. The Labute approximate surface area is 168 Å². The van der Waals surface area contributed by atoms with Crippen LogP contribution in [0.1, 0.15) is 44.1 Å².